The van der Waals surface area contributed by atoms with Crippen LogP contribution in [-0.4, -0.2) is 23.7 Å². The summed E-state index contributed by atoms with van der Waals surface area (Å²) in [5.74, 6) is -1.28. The highest BCUT2D eigenvalue weighted by molar-refractivity contribution is 6.31. The normalized spacial score (nSPS) is 10.2. The van der Waals surface area contributed by atoms with Crippen LogP contribution in [0.25, 0.3) is 0 Å². The Bertz CT molecular complexity index is 709. The Labute approximate surface area is 138 Å². The first-order valence-electron chi connectivity index (χ1n) is 6.99. The van der Waals surface area contributed by atoms with Crippen molar-refractivity contribution in [1.82, 2.24) is 0 Å². The number of esters is 1. The lowest BCUT2D eigenvalue weighted by Gasteiger charge is -2.09. The monoisotopic (exact) mass is 334 g/mol. The van der Waals surface area contributed by atoms with Gasteiger partial charge in [-0.05, 0) is 48.9 Å². The summed E-state index contributed by atoms with van der Waals surface area (Å²) in [7, 11) is 0. The Hall–Kier alpha value is -2.53. The third kappa shape index (κ3) is 4.47. The number of aromatic carboxylic acids is 1. The van der Waals surface area contributed by atoms with Gasteiger partial charge >= 0.3 is 11.9 Å². The van der Waals surface area contributed by atoms with E-state index in [0.29, 0.717) is 17.9 Å². The minimum atomic E-state index is -1.22. The molecule has 0 saturated carbocycles. The van der Waals surface area contributed by atoms with Gasteiger partial charge in [0.15, 0.2) is 0 Å². The summed E-state index contributed by atoms with van der Waals surface area (Å²) < 4.78 is 10.6. The second-order valence-electron chi connectivity index (χ2n) is 4.71. The molecule has 120 valence electrons. The molecule has 23 heavy (non-hydrogen) atoms. The summed E-state index contributed by atoms with van der Waals surface area (Å²) in [6.45, 7) is 2.59. The number of benzene rings is 2. The molecule has 0 saturated heterocycles. The molecule has 5 nitrogen and oxygen atoms in total. The maximum Gasteiger partial charge on any atom is 0.343 e. The first-order chi connectivity index (χ1) is 11.0. The third-order valence-electron chi connectivity index (χ3n) is 2.94. The highest BCUT2D eigenvalue weighted by Crippen LogP contribution is 2.24. The van der Waals surface area contributed by atoms with Crippen LogP contribution in [0.15, 0.2) is 42.5 Å². The van der Waals surface area contributed by atoms with Gasteiger partial charge in [-0.1, -0.05) is 18.5 Å². The topological polar surface area (TPSA) is 72.8 Å². The molecular formula is C17H15ClO5. The fourth-order valence-corrected chi connectivity index (χ4v) is 2.00. The van der Waals surface area contributed by atoms with Crippen LogP contribution in [0, 0.1) is 0 Å². The highest BCUT2D eigenvalue weighted by Gasteiger charge is 2.16. The van der Waals surface area contributed by atoms with E-state index in [1.54, 1.807) is 24.3 Å². The van der Waals surface area contributed by atoms with E-state index >= 15 is 0 Å². The quantitative estimate of drug-likeness (QED) is 0.637. The average Bonchev–Trinajstić information content (AvgIpc) is 2.54. The second-order valence-corrected chi connectivity index (χ2v) is 5.14. The van der Waals surface area contributed by atoms with Gasteiger partial charge < -0.3 is 14.6 Å². The molecule has 0 atom stereocenters. The predicted molar refractivity (Wildman–Crippen MR) is 85.6 cm³/mol. The van der Waals surface area contributed by atoms with E-state index in [1.807, 2.05) is 6.92 Å². The van der Waals surface area contributed by atoms with E-state index in [1.165, 1.54) is 18.2 Å². The van der Waals surface area contributed by atoms with Crippen molar-refractivity contribution in [2.45, 2.75) is 13.3 Å². The summed E-state index contributed by atoms with van der Waals surface area (Å²) in [6.07, 6.45) is 0.887. The molecule has 0 spiro atoms. The van der Waals surface area contributed by atoms with E-state index in [4.69, 9.17) is 26.2 Å². The van der Waals surface area contributed by atoms with E-state index in [9.17, 15) is 9.59 Å². The van der Waals surface area contributed by atoms with Crippen molar-refractivity contribution in [2.75, 3.05) is 6.61 Å². The van der Waals surface area contributed by atoms with Gasteiger partial charge in [-0.15, -0.1) is 0 Å². The minimum absolute atomic E-state index is 0.0572. The number of carbonyl (C=O) groups is 2. The van der Waals surface area contributed by atoms with Crippen LogP contribution >= 0.6 is 11.6 Å². The van der Waals surface area contributed by atoms with Crippen LogP contribution in [0.3, 0.4) is 0 Å². The fraction of sp³-hybridized carbons (Fsp3) is 0.176. The van der Waals surface area contributed by atoms with Gasteiger partial charge in [0.1, 0.15) is 17.1 Å². The predicted octanol–water partition coefficient (Wildman–Crippen LogP) is 4.05. The van der Waals surface area contributed by atoms with Gasteiger partial charge in [0.2, 0.25) is 0 Å². The van der Waals surface area contributed by atoms with Crippen molar-refractivity contribution in [1.29, 1.82) is 0 Å². The Morgan fingerprint density at radius 3 is 2.43 bits per heavy atom. The standard InChI is InChI=1S/C17H15ClO5/c1-2-9-22-13-6-3-11(4-7-13)17(21)23-15-8-5-12(18)10-14(15)16(19)20/h3-8,10H,2,9H2,1H3,(H,19,20). The molecule has 0 unspecified atom stereocenters. The molecule has 1 N–H and O–H groups in total. The molecule has 6 heteroatoms. The number of hydrogen-bond acceptors (Lipinski definition) is 4. The lowest BCUT2D eigenvalue weighted by Crippen LogP contribution is -2.11. The highest BCUT2D eigenvalue weighted by atomic mass is 35.5. The molecule has 0 radical (unpaired) electrons. The van der Waals surface area contributed by atoms with Gasteiger partial charge in [-0.25, -0.2) is 9.59 Å². The number of carboxylic acids is 1. The Balaban J connectivity index is 2.14. The molecule has 0 aliphatic carbocycles. The van der Waals surface area contributed by atoms with Crippen LogP contribution < -0.4 is 9.47 Å². The second kappa shape index (κ2) is 7.65. The van der Waals surface area contributed by atoms with Crippen molar-refractivity contribution in [3.05, 3.63) is 58.6 Å². The first-order valence-corrected chi connectivity index (χ1v) is 7.37. The van der Waals surface area contributed by atoms with Crippen molar-refractivity contribution in [2.24, 2.45) is 0 Å². The van der Waals surface area contributed by atoms with Gasteiger partial charge in [-0.2, -0.15) is 0 Å². The molecule has 0 heterocycles. The van der Waals surface area contributed by atoms with Crippen LogP contribution in [0.1, 0.15) is 34.1 Å². The van der Waals surface area contributed by atoms with E-state index in [0.717, 1.165) is 6.42 Å². The maximum absolute atomic E-state index is 12.1. The van der Waals surface area contributed by atoms with Crippen LogP contribution in [0.5, 0.6) is 11.5 Å². The number of rotatable bonds is 6. The van der Waals surface area contributed by atoms with Gasteiger partial charge in [0.25, 0.3) is 0 Å². The molecule has 2 aromatic carbocycles. The molecule has 2 aromatic rings. The lowest BCUT2D eigenvalue weighted by molar-refractivity contribution is 0.0681. The molecular weight excluding hydrogens is 320 g/mol. The first kappa shape index (κ1) is 16.8. The zero-order valence-corrected chi connectivity index (χ0v) is 13.2. The molecule has 0 aliphatic heterocycles. The Morgan fingerprint density at radius 2 is 1.83 bits per heavy atom. The van der Waals surface area contributed by atoms with Crippen LogP contribution in [0.4, 0.5) is 0 Å². The SMILES string of the molecule is CCCOc1ccc(C(=O)Oc2ccc(Cl)cc2C(=O)O)cc1. The molecule has 0 amide bonds. The smallest absolute Gasteiger partial charge is 0.343 e. The summed E-state index contributed by atoms with van der Waals surface area (Å²) in [4.78, 5) is 23.3. The van der Waals surface area contributed by atoms with Gasteiger partial charge in [0, 0.05) is 5.02 Å². The van der Waals surface area contributed by atoms with Crippen molar-refractivity contribution >= 4 is 23.5 Å². The molecule has 0 fully saturated rings. The van der Waals surface area contributed by atoms with E-state index in [-0.39, 0.29) is 16.3 Å². The van der Waals surface area contributed by atoms with E-state index < -0.39 is 11.9 Å². The molecule has 2 rings (SSSR count). The average molecular weight is 335 g/mol. The molecule has 0 aliphatic rings. The van der Waals surface area contributed by atoms with Crippen molar-refractivity contribution in [3.63, 3.8) is 0 Å². The van der Waals surface area contributed by atoms with Crippen molar-refractivity contribution < 1.29 is 24.2 Å². The summed E-state index contributed by atoms with van der Waals surface area (Å²) in [5, 5.41) is 9.38. The minimum Gasteiger partial charge on any atom is -0.494 e. The van der Waals surface area contributed by atoms with Gasteiger partial charge in [-0.3, -0.25) is 0 Å². The zero-order valence-electron chi connectivity index (χ0n) is 12.4. The Kier molecular flexibility index (Phi) is 5.60. The lowest BCUT2D eigenvalue weighted by atomic mass is 10.2. The number of ether oxygens (including phenoxy) is 2. The van der Waals surface area contributed by atoms with Crippen LogP contribution in [-0.2, 0) is 0 Å². The van der Waals surface area contributed by atoms with Gasteiger partial charge in [0.05, 0.1) is 12.2 Å². The summed E-state index contributed by atoms with van der Waals surface area (Å²) in [5.41, 5.74) is 0.119. The van der Waals surface area contributed by atoms with Crippen molar-refractivity contribution in [3.8, 4) is 11.5 Å². The molecule has 0 bridgehead atoms. The molecule has 0 aromatic heterocycles. The number of carboxylic acid groups (broad SMARTS) is 1. The number of carbonyl (C=O) groups excluding carboxylic acids is 1. The number of hydrogen-bond donors (Lipinski definition) is 1. The zero-order chi connectivity index (χ0) is 16.8. The summed E-state index contributed by atoms with van der Waals surface area (Å²) >= 11 is 5.76. The Morgan fingerprint density at radius 1 is 1.13 bits per heavy atom. The number of halogens is 1. The largest absolute Gasteiger partial charge is 0.494 e. The van der Waals surface area contributed by atoms with E-state index in [2.05, 4.69) is 0 Å². The maximum atomic E-state index is 12.1. The third-order valence-corrected chi connectivity index (χ3v) is 3.17. The summed E-state index contributed by atoms with van der Waals surface area (Å²) in [6, 6.07) is 10.5. The fourth-order valence-electron chi connectivity index (χ4n) is 1.82. The van der Waals surface area contributed by atoms with Crippen LogP contribution in [0.2, 0.25) is 5.02 Å².